The van der Waals surface area contributed by atoms with Crippen molar-refractivity contribution in [2.45, 2.75) is 59.8 Å². The van der Waals surface area contributed by atoms with E-state index in [0.717, 1.165) is 12.5 Å². The molecule has 4 atom stereocenters. The van der Waals surface area contributed by atoms with Gasteiger partial charge in [-0.2, -0.15) is 0 Å². The van der Waals surface area contributed by atoms with Crippen molar-refractivity contribution >= 4 is 0 Å². The topological polar surface area (TPSA) is 0 Å². The molecule has 1 aliphatic carbocycles. The molecule has 0 radical (unpaired) electrons. The first-order valence-corrected chi connectivity index (χ1v) is 7.83. The lowest BCUT2D eigenvalue weighted by Crippen LogP contribution is -2.27. The molecule has 0 aliphatic heterocycles. The maximum absolute atomic E-state index is 13.9. The van der Waals surface area contributed by atoms with E-state index in [2.05, 4.69) is 13.8 Å². The van der Waals surface area contributed by atoms with Crippen LogP contribution in [0.15, 0.2) is 35.0 Å². The summed E-state index contributed by atoms with van der Waals surface area (Å²) in [5, 5.41) is 0. The van der Waals surface area contributed by atoms with Gasteiger partial charge in [-0.05, 0) is 55.7 Å². The number of hydrogen-bond acceptors (Lipinski definition) is 0. The quantitative estimate of drug-likeness (QED) is 0.406. The maximum Gasteiger partial charge on any atom is 0.182 e. The van der Waals surface area contributed by atoms with E-state index in [1.807, 2.05) is 13.0 Å². The van der Waals surface area contributed by atoms with Crippen molar-refractivity contribution in [3.63, 3.8) is 0 Å². The van der Waals surface area contributed by atoms with E-state index in [-0.39, 0.29) is 17.9 Å². The van der Waals surface area contributed by atoms with Gasteiger partial charge in [-0.15, -0.1) is 0 Å². The second-order valence-corrected chi connectivity index (χ2v) is 6.72. The van der Waals surface area contributed by atoms with Crippen molar-refractivity contribution in [1.29, 1.82) is 0 Å². The van der Waals surface area contributed by atoms with Crippen LogP contribution in [0.2, 0.25) is 0 Å². The predicted molar refractivity (Wildman–Crippen MR) is 83.3 cm³/mol. The Bertz CT molecular complexity index is 469. The van der Waals surface area contributed by atoms with Gasteiger partial charge in [0.25, 0.3) is 0 Å². The molecular formula is C18H26F4. The van der Waals surface area contributed by atoms with Crippen LogP contribution in [0.25, 0.3) is 0 Å². The van der Waals surface area contributed by atoms with Gasteiger partial charge in [0, 0.05) is 5.92 Å². The van der Waals surface area contributed by atoms with E-state index in [9.17, 15) is 17.6 Å². The molecule has 0 aromatic carbocycles. The van der Waals surface area contributed by atoms with Gasteiger partial charge in [0.05, 0.1) is 0 Å². The standard InChI is InChI=1S/C18H26F4/c1-10(2)6-11(3)7-12(4)17(13(5)19)14-8-15(20)18(22)16(21)9-14/h7-8,10-11,14,16,18H,6,9H2,1-5H3/b12-7-,17-13-/t11?,14-,16-,18?/m0/s1. The van der Waals surface area contributed by atoms with E-state index < -0.39 is 29.9 Å². The highest BCUT2D eigenvalue weighted by atomic mass is 19.2. The van der Waals surface area contributed by atoms with Crippen molar-refractivity contribution in [1.82, 2.24) is 0 Å². The minimum absolute atomic E-state index is 0.227. The van der Waals surface area contributed by atoms with E-state index in [1.165, 1.54) is 6.92 Å². The predicted octanol–water partition coefficient (Wildman–Crippen LogP) is 6.41. The van der Waals surface area contributed by atoms with E-state index in [0.29, 0.717) is 11.5 Å². The molecule has 2 unspecified atom stereocenters. The molecule has 22 heavy (non-hydrogen) atoms. The fourth-order valence-corrected chi connectivity index (χ4v) is 3.24. The van der Waals surface area contributed by atoms with Crippen LogP contribution in [0.1, 0.15) is 47.5 Å². The Labute approximate surface area is 131 Å². The summed E-state index contributed by atoms with van der Waals surface area (Å²) in [5.41, 5.74) is 0.951. The highest BCUT2D eigenvalue weighted by Crippen LogP contribution is 2.37. The third kappa shape index (κ3) is 4.99. The van der Waals surface area contributed by atoms with Crippen LogP contribution in [0, 0.1) is 17.8 Å². The summed E-state index contributed by atoms with van der Waals surface area (Å²) in [4.78, 5) is 0. The Morgan fingerprint density at radius 2 is 1.86 bits per heavy atom. The lowest BCUT2D eigenvalue weighted by atomic mass is 9.82. The minimum atomic E-state index is -2.22. The molecule has 0 spiro atoms. The van der Waals surface area contributed by atoms with Gasteiger partial charge in [-0.25, -0.2) is 17.6 Å². The van der Waals surface area contributed by atoms with Crippen molar-refractivity contribution in [2.75, 3.05) is 0 Å². The van der Waals surface area contributed by atoms with Crippen molar-refractivity contribution < 1.29 is 17.6 Å². The molecule has 126 valence electrons. The highest BCUT2D eigenvalue weighted by Gasteiger charge is 2.35. The van der Waals surface area contributed by atoms with Crippen LogP contribution in [0.5, 0.6) is 0 Å². The number of hydrogen-bond donors (Lipinski definition) is 0. The fraction of sp³-hybridized carbons (Fsp3) is 0.667. The molecule has 0 bridgehead atoms. The largest absolute Gasteiger partial charge is 0.244 e. The van der Waals surface area contributed by atoms with Gasteiger partial charge in [0.15, 0.2) is 6.17 Å². The zero-order valence-electron chi connectivity index (χ0n) is 14.0. The van der Waals surface area contributed by atoms with Gasteiger partial charge in [-0.3, -0.25) is 0 Å². The summed E-state index contributed by atoms with van der Waals surface area (Å²) in [6.45, 7) is 9.26. The van der Waals surface area contributed by atoms with Crippen molar-refractivity contribution in [3.05, 3.63) is 35.0 Å². The Kier molecular flexibility index (Phi) is 6.89. The molecule has 4 heteroatoms. The maximum atomic E-state index is 13.9. The van der Waals surface area contributed by atoms with Crippen LogP contribution in [-0.2, 0) is 0 Å². The lowest BCUT2D eigenvalue weighted by Gasteiger charge is -2.27. The third-order valence-electron chi connectivity index (χ3n) is 3.96. The highest BCUT2D eigenvalue weighted by molar-refractivity contribution is 5.38. The molecule has 1 rings (SSSR count). The molecule has 0 heterocycles. The number of halogens is 4. The molecule has 0 fully saturated rings. The van der Waals surface area contributed by atoms with Crippen LogP contribution < -0.4 is 0 Å². The molecule has 1 aliphatic rings. The summed E-state index contributed by atoms with van der Waals surface area (Å²) in [6, 6.07) is 0. The minimum Gasteiger partial charge on any atom is -0.244 e. The lowest BCUT2D eigenvalue weighted by molar-refractivity contribution is 0.142. The molecule has 0 saturated heterocycles. The number of alkyl halides is 2. The van der Waals surface area contributed by atoms with Crippen LogP contribution in [-0.4, -0.2) is 12.3 Å². The summed E-state index contributed by atoms with van der Waals surface area (Å²) in [6.07, 6.45) is -0.479. The van der Waals surface area contributed by atoms with E-state index in [1.54, 1.807) is 6.92 Å². The fourth-order valence-electron chi connectivity index (χ4n) is 3.24. The van der Waals surface area contributed by atoms with Gasteiger partial charge in [0.1, 0.15) is 17.8 Å². The first-order valence-electron chi connectivity index (χ1n) is 7.83. The van der Waals surface area contributed by atoms with Gasteiger partial charge < -0.3 is 0 Å². The summed E-state index contributed by atoms with van der Waals surface area (Å²) in [7, 11) is 0. The number of allylic oxidation sites excluding steroid dienone is 6. The van der Waals surface area contributed by atoms with E-state index in [4.69, 9.17) is 0 Å². The molecule has 0 nitrogen and oxygen atoms in total. The van der Waals surface area contributed by atoms with Crippen molar-refractivity contribution in [2.24, 2.45) is 17.8 Å². The second-order valence-electron chi connectivity index (χ2n) is 6.72. The first-order chi connectivity index (χ1) is 10.1. The molecule has 0 aromatic heterocycles. The monoisotopic (exact) mass is 318 g/mol. The summed E-state index contributed by atoms with van der Waals surface area (Å²) >= 11 is 0. The zero-order valence-corrected chi connectivity index (χ0v) is 14.0. The Hall–Kier alpha value is -1.06. The Morgan fingerprint density at radius 1 is 1.27 bits per heavy atom. The van der Waals surface area contributed by atoms with Gasteiger partial charge in [0.2, 0.25) is 0 Å². The second kappa shape index (κ2) is 7.98. The number of rotatable bonds is 5. The summed E-state index contributed by atoms with van der Waals surface area (Å²) in [5.74, 6) is -1.61. The van der Waals surface area contributed by atoms with Crippen LogP contribution in [0.3, 0.4) is 0 Å². The van der Waals surface area contributed by atoms with Gasteiger partial charge in [-0.1, -0.05) is 26.8 Å². The first kappa shape index (κ1) is 19.0. The zero-order chi connectivity index (χ0) is 17.0. The van der Waals surface area contributed by atoms with Crippen molar-refractivity contribution in [3.8, 4) is 0 Å². The van der Waals surface area contributed by atoms with Crippen LogP contribution in [0.4, 0.5) is 17.6 Å². The van der Waals surface area contributed by atoms with E-state index >= 15 is 0 Å². The molecular weight excluding hydrogens is 292 g/mol. The smallest absolute Gasteiger partial charge is 0.182 e. The van der Waals surface area contributed by atoms with Gasteiger partial charge >= 0.3 is 0 Å². The molecule has 0 N–H and O–H groups in total. The molecule has 0 amide bonds. The van der Waals surface area contributed by atoms with Crippen LogP contribution >= 0.6 is 0 Å². The SMILES string of the molecule is CC(=C/C(C)CC(C)C)/C(=C(\C)F)[C@H]1C=C(F)C(F)[C@@H](F)C1. The normalized spacial score (nSPS) is 29.3. The molecule has 0 saturated carbocycles. The average molecular weight is 318 g/mol. The molecule has 0 aromatic rings. The third-order valence-corrected chi connectivity index (χ3v) is 3.96. The Balaban J connectivity index is 3.06. The Morgan fingerprint density at radius 3 is 2.32 bits per heavy atom. The summed E-state index contributed by atoms with van der Waals surface area (Å²) < 4.78 is 54.2. The average Bonchev–Trinajstić information content (AvgIpc) is 2.34.